The van der Waals surface area contributed by atoms with Gasteiger partial charge in [-0.2, -0.15) is 6.07 Å². The van der Waals surface area contributed by atoms with Crippen LogP contribution in [0.3, 0.4) is 0 Å². The van der Waals surface area contributed by atoms with Crippen LogP contribution in [-0.4, -0.2) is 33.1 Å². The Balaban J connectivity index is 0.00000481. The summed E-state index contributed by atoms with van der Waals surface area (Å²) in [6.45, 7) is 18.5. The van der Waals surface area contributed by atoms with E-state index in [2.05, 4.69) is 120 Å². The molecule has 4 heterocycles. The van der Waals surface area contributed by atoms with Crippen molar-refractivity contribution < 1.29 is 30.5 Å². The summed E-state index contributed by atoms with van der Waals surface area (Å²) in [6.07, 6.45) is 8.28. The first-order chi connectivity index (χ1) is 24.9. The molecule has 3 aromatic heterocycles. The van der Waals surface area contributed by atoms with Crippen LogP contribution in [-0.2, 0) is 36.6 Å². The fraction of sp³-hybridized carbons (Fsp3) is 0.370. The first-order valence-corrected chi connectivity index (χ1v) is 18.8. The van der Waals surface area contributed by atoms with E-state index in [1.165, 1.54) is 11.1 Å². The fourth-order valence-corrected chi connectivity index (χ4v) is 7.26. The summed E-state index contributed by atoms with van der Waals surface area (Å²) >= 11 is 0. The summed E-state index contributed by atoms with van der Waals surface area (Å²) in [5.74, 6) is 3.11. The average molecular weight is 886 g/mol. The summed E-state index contributed by atoms with van der Waals surface area (Å²) in [7, 11) is 0. The summed E-state index contributed by atoms with van der Waals surface area (Å²) in [5.41, 5.74) is 6.97. The van der Waals surface area contributed by atoms with Gasteiger partial charge in [0.05, 0.1) is 18.3 Å². The molecule has 0 radical (unpaired) electrons. The third-order valence-corrected chi connectivity index (χ3v) is 10.1. The second-order valence-corrected chi connectivity index (χ2v) is 16.2. The molecular formula is C46H50N4O2Pt. The Morgan fingerprint density at radius 2 is 1.55 bits per heavy atom. The van der Waals surface area contributed by atoms with Crippen LogP contribution in [0, 0.1) is 18.1 Å². The number of aromatic nitrogens is 3. The maximum Gasteiger partial charge on any atom is 2.00 e. The molecule has 1 aliphatic rings. The molecular weight excluding hydrogens is 836 g/mol. The molecule has 276 valence electrons. The van der Waals surface area contributed by atoms with Crippen LogP contribution >= 0.6 is 0 Å². The van der Waals surface area contributed by atoms with Crippen molar-refractivity contribution in [3.05, 3.63) is 114 Å². The minimum atomic E-state index is -0.0275. The van der Waals surface area contributed by atoms with Crippen molar-refractivity contribution in [1.29, 1.82) is 0 Å². The van der Waals surface area contributed by atoms with E-state index >= 15 is 0 Å². The third-order valence-electron chi connectivity index (χ3n) is 10.1. The number of hydrogen-bond acceptors (Lipinski definition) is 5. The molecule has 3 aromatic carbocycles. The zero-order chi connectivity index (χ0) is 36.6. The zero-order valence-corrected chi connectivity index (χ0v) is 34.5. The molecule has 0 fully saturated rings. The molecule has 0 saturated heterocycles. The van der Waals surface area contributed by atoms with E-state index in [0.29, 0.717) is 29.9 Å². The van der Waals surface area contributed by atoms with E-state index in [1.54, 1.807) is 6.20 Å². The molecule has 0 unspecified atom stereocenters. The van der Waals surface area contributed by atoms with Crippen LogP contribution in [0.5, 0.6) is 11.5 Å². The van der Waals surface area contributed by atoms with Crippen LogP contribution in [0.25, 0.3) is 38.9 Å². The zero-order valence-electron chi connectivity index (χ0n) is 32.2. The van der Waals surface area contributed by atoms with Gasteiger partial charge in [0.2, 0.25) is 0 Å². The molecule has 1 aliphatic heterocycles. The Kier molecular flexibility index (Phi) is 11.3. The molecule has 0 amide bonds. The monoisotopic (exact) mass is 885 g/mol. The van der Waals surface area contributed by atoms with Gasteiger partial charge in [-0.15, -0.1) is 23.6 Å². The Bertz CT molecular complexity index is 2240. The Labute approximate surface area is 329 Å². The molecule has 0 saturated carbocycles. The van der Waals surface area contributed by atoms with Crippen LogP contribution in [0.4, 0.5) is 0 Å². The predicted molar refractivity (Wildman–Crippen MR) is 213 cm³/mol. The van der Waals surface area contributed by atoms with Crippen molar-refractivity contribution in [1.82, 2.24) is 14.5 Å². The Morgan fingerprint density at radius 1 is 0.792 bits per heavy atom. The van der Waals surface area contributed by atoms with Crippen molar-refractivity contribution in [3.8, 4) is 28.6 Å². The molecule has 0 aliphatic carbocycles. The van der Waals surface area contributed by atoms with Crippen molar-refractivity contribution in [2.45, 2.75) is 97.9 Å². The molecule has 0 bridgehead atoms. The number of hydrogen-bond donors (Lipinski definition) is 0. The summed E-state index contributed by atoms with van der Waals surface area (Å²) in [4.78, 5) is 14.6. The maximum absolute atomic E-state index is 6.66. The first kappa shape index (κ1) is 38.4. The van der Waals surface area contributed by atoms with Crippen molar-refractivity contribution in [3.63, 3.8) is 0 Å². The van der Waals surface area contributed by atoms with E-state index in [-0.39, 0.29) is 37.9 Å². The average Bonchev–Trinajstić information content (AvgIpc) is 3.74. The number of fused-ring (bicyclic) bond motifs is 3. The number of pyridine rings is 2. The normalized spacial score (nSPS) is 14.7. The molecule has 0 N–H and O–H groups in total. The van der Waals surface area contributed by atoms with Crippen molar-refractivity contribution in [2.75, 3.05) is 6.61 Å². The van der Waals surface area contributed by atoms with E-state index in [4.69, 9.17) is 19.5 Å². The number of benzene rings is 3. The molecule has 7 rings (SSSR count). The minimum Gasteiger partial charge on any atom is -0.518 e. The van der Waals surface area contributed by atoms with Crippen LogP contribution in [0.2, 0.25) is 0 Å². The van der Waals surface area contributed by atoms with Crippen LogP contribution in [0.1, 0.15) is 97.8 Å². The third kappa shape index (κ3) is 8.14. The number of nitrogens with zero attached hydrogens (tertiary/aromatic N) is 4. The van der Waals surface area contributed by atoms with Gasteiger partial charge >= 0.3 is 21.1 Å². The van der Waals surface area contributed by atoms with Crippen molar-refractivity contribution in [2.24, 2.45) is 10.9 Å². The molecule has 53 heavy (non-hydrogen) atoms. The first-order valence-electron chi connectivity index (χ1n) is 18.8. The second kappa shape index (κ2) is 15.6. The SMILES string of the molecule is CCCC(CCC)[C@@H]1COC(c2[c-]c(Oc3[c-]c4c(cc3)c3cc(C(C)(C)C)ccc3n4-c3cc(C(C)(C)C)ccn3)cc(-c3ccccn3)c2)=N1.[Pt+2]. The van der Waals surface area contributed by atoms with Gasteiger partial charge in [-0.1, -0.05) is 115 Å². The second-order valence-electron chi connectivity index (χ2n) is 16.2. The van der Waals surface area contributed by atoms with Crippen molar-refractivity contribution >= 4 is 27.7 Å². The smallest absolute Gasteiger partial charge is 0.518 e. The standard InChI is InChI=1S/C46H50N4O2.Pt/c1-9-13-30(14-10-2)40-29-51-44(49-40)32-23-31(39-15-11-12-21-47-39)24-36(25-32)52-35-17-18-37-38-26-33(45(3,4)5)16-19-41(38)50(42(37)28-35)43-27-34(20-22-48-43)46(6,7)8;/h11-12,15-24,26-27,30,40H,9-10,13-14,29H2,1-8H3;/q-2;+2/t40-;/m0./s1. The van der Waals surface area contributed by atoms with E-state index < -0.39 is 0 Å². The summed E-state index contributed by atoms with van der Waals surface area (Å²) < 4.78 is 15.1. The number of ether oxygens (including phenoxy) is 2. The van der Waals surface area contributed by atoms with Gasteiger partial charge in [0.25, 0.3) is 0 Å². The Morgan fingerprint density at radius 3 is 2.25 bits per heavy atom. The van der Waals surface area contributed by atoms with Gasteiger partial charge < -0.3 is 14.0 Å². The molecule has 1 atom stereocenters. The predicted octanol–water partition coefficient (Wildman–Crippen LogP) is 11.6. The largest absolute Gasteiger partial charge is 2.00 e. The van der Waals surface area contributed by atoms with E-state index in [9.17, 15) is 0 Å². The Hall–Kier alpha value is -4.28. The van der Waals surface area contributed by atoms with E-state index in [1.807, 2.05) is 36.5 Å². The van der Waals surface area contributed by atoms with Gasteiger partial charge in [0, 0.05) is 29.4 Å². The molecule has 7 heteroatoms. The topological polar surface area (TPSA) is 61.5 Å². The summed E-state index contributed by atoms with van der Waals surface area (Å²) in [6, 6.07) is 32.4. The van der Waals surface area contributed by atoms with Gasteiger partial charge in [0.15, 0.2) is 0 Å². The van der Waals surface area contributed by atoms with Gasteiger partial charge in [-0.25, -0.2) is 4.98 Å². The van der Waals surface area contributed by atoms with Gasteiger partial charge in [-0.3, -0.25) is 9.98 Å². The van der Waals surface area contributed by atoms with E-state index in [0.717, 1.165) is 70.1 Å². The van der Waals surface area contributed by atoms with Gasteiger partial charge in [0.1, 0.15) is 11.7 Å². The number of aliphatic imine (C=N–C) groups is 1. The van der Waals surface area contributed by atoms with Crippen LogP contribution in [0.15, 0.2) is 90.2 Å². The number of rotatable bonds is 10. The maximum atomic E-state index is 6.66. The quantitative estimate of drug-likeness (QED) is 0.129. The molecule has 0 spiro atoms. The molecule has 6 aromatic rings. The van der Waals surface area contributed by atoms with Gasteiger partial charge in [-0.05, 0) is 76.4 Å². The minimum absolute atomic E-state index is 0. The molecule has 6 nitrogen and oxygen atoms in total. The fourth-order valence-electron chi connectivity index (χ4n) is 7.26. The van der Waals surface area contributed by atoms with Crippen LogP contribution < -0.4 is 4.74 Å². The summed E-state index contributed by atoms with van der Waals surface area (Å²) in [5, 5.41) is 2.26.